The molecular formula is C11H17FN2O2S. The summed E-state index contributed by atoms with van der Waals surface area (Å²) >= 11 is 0. The summed E-state index contributed by atoms with van der Waals surface area (Å²) in [6.45, 7) is 3.76. The number of likely N-dealkylation sites (N-methyl/N-ethyl adjacent to an activating group) is 1. The first-order valence-electron chi connectivity index (χ1n) is 5.29. The van der Waals surface area contributed by atoms with Crippen molar-refractivity contribution in [1.82, 2.24) is 10.0 Å². The molecule has 1 rings (SSSR count). The van der Waals surface area contributed by atoms with Crippen molar-refractivity contribution in [3.05, 3.63) is 29.6 Å². The third-order valence-electron chi connectivity index (χ3n) is 2.40. The van der Waals surface area contributed by atoms with E-state index >= 15 is 0 Å². The van der Waals surface area contributed by atoms with Gasteiger partial charge >= 0.3 is 0 Å². The molecule has 0 amide bonds. The van der Waals surface area contributed by atoms with Gasteiger partial charge < -0.3 is 5.32 Å². The average molecular weight is 260 g/mol. The fraction of sp³-hybridized carbons (Fsp3) is 0.455. The van der Waals surface area contributed by atoms with Crippen molar-refractivity contribution in [2.45, 2.75) is 24.8 Å². The molecule has 0 spiro atoms. The van der Waals surface area contributed by atoms with Gasteiger partial charge in [0, 0.05) is 12.6 Å². The van der Waals surface area contributed by atoms with Gasteiger partial charge in [-0.25, -0.2) is 17.5 Å². The predicted molar refractivity (Wildman–Crippen MR) is 64.8 cm³/mol. The maximum Gasteiger partial charge on any atom is 0.240 e. The van der Waals surface area contributed by atoms with Crippen LogP contribution in [0.5, 0.6) is 0 Å². The number of aryl methyl sites for hydroxylation is 1. The minimum atomic E-state index is -3.64. The molecule has 0 aliphatic heterocycles. The standard InChI is InChI=1S/C11H17FN2O2S/c1-8-4-10(12)6-11(5-8)17(15,16)14-7-9(2)13-3/h4-6,9,13-14H,7H2,1-3H3. The Morgan fingerprint density at radius 1 is 1.35 bits per heavy atom. The van der Waals surface area contributed by atoms with E-state index in [1.807, 2.05) is 6.92 Å². The Hall–Kier alpha value is -0.980. The third-order valence-corrected chi connectivity index (χ3v) is 3.80. The molecule has 0 aromatic heterocycles. The van der Waals surface area contributed by atoms with Gasteiger partial charge in [0.1, 0.15) is 5.82 Å². The smallest absolute Gasteiger partial charge is 0.240 e. The van der Waals surface area contributed by atoms with Crippen LogP contribution in [0.4, 0.5) is 4.39 Å². The van der Waals surface area contributed by atoms with Crippen molar-refractivity contribution in [1.29, 1.82) is 0 Å². The van der Waals surface area contributed by atoms with Crippen LogP contribution in [0.25, 0.3) is 0 Å². The number of halogens is 1. The van der Waals surface area contributed by atoms with Gasteiger partial charge in [0.05, 0.1) is 4.90 Å². The summed E-state index contributed by atoms with van der Waals surface area (Å²) < 4.78 is 39.2. The van der Waals surface area contributed by atoms with E-state index in [2.05, 4.69) is 10.0 Å². The predicted octanol–water partition coefficient (Wildman–Crippen LogP) is 1.02. The average Bonchev–Trinajstić information content (AvgIpc) is 2.24. The Bertz CT molecular complexity index is 468. The largest absolute Gasteiger partial charge is 0.316 e. The lowest BCUT2D eigenvalue weighted by atomic mass is 10.2. The number of rotatable bonds is 5. The van der Waals surface area contributed by atoms with Crippen LogP contribution in [0.1, 0.15) is 12.5 Å². The van der Waals surface area contributed by atoms with Gasteiger partial charge in [-0.15, -0.1) is 0 Å². The molecule has 0 bridgehead atoms. The summed E-state index contributed by atoms with van der Waals surface area (Å²) in [5, 5.41) is 2.91. The quantitative estimate of drug-likeness (QED) is 0.831. The lowest BCUT2D eigenvalue weighted by molar-refractivity contribution is 0.552. The third kappa shape index (κ3) is 4.07. The fourth-order valence-corrected chi connectivity index (χ4v) is 2.52. The lowest BCUT2D eigenvalue weighted by Gasteiger charge is -2.12. The first-order valence-corrected chi connectivity index (χ1v) is 6.77. The summed E-state index contributed by atoms with van der Waals surface area (Å²) in [7, 11) is -1.90. The van der Waals surface area contributed by atoms with Crippen molar-refractivity contribution >= 4 is 10.0 Å². The Morgan fingerprint density at radius 3 is 2.53 bits per heavy atom. The van der Waals surface area contributed by atoms with E-state index < -0.39 is 15.8 Å². The summed E-state index contributed by atoms with van der Waals surface area (Å²) in [5.41, 5.74) is 0.576. The van der Waals surface area contributed by atoms with E-state index in [0.717, 1.165) is 6.07 Å². The monoisotopic (exact) mass is 260 g/mol. The van der Waals surface area contributed by atoms with Gasteiger partial charge in [0.25, 0.3) is 0 Å². The van der Waals surface area contributed by atoms with Gasteiger partial charge in [0.2, 0.25) is 10.0 Å². The summed E-state index contributed by atoms with van der Waals surface area (Å²) in [5.74, 6) is -0.549. The molecule has 17 heavy (non-hydrogen) atoms. The van der Waals surface area contributed by atoms with E-state index in [1.54, 1.807) is 14.0 Å². The summed E-state index contributed by atoms with van der Waals surface area (Å²) in [6, 6.07) is 3.75. The molecule has 4 nitrogen and oxygen atoms in total. The highest BCUT2D eigenvalue weighted by Crippen LogP contribution is 2.13. The zero-order chi connectivity index (χ0) is 13.1. The molecule has 0 saturated heterocycles. The number of hydrogen-bond donors (Lipinski definition) is 2. The van der Waals surface area contributed by atoms with Crippen LogP contribution in [0, 0.1) is 12.7 Å². The van der Waals surface area contributed by atoms with Crippen molar-refractivity contribution < 1.29 is 12.8 Å². The van der Waals surface area contributed by atoms with Crippen LogP contribution in [0.3, 0.4) is 0 Å². The molecule has 6 heteroatoms. The van der Waals surface area contributed by atoms with Crippen molar-refractivity contribution in [2.24, 2.45) is 0 Å². The van der Waals surface area contributed by atoms with Crippen LogP contribution in [-0.4, -0.2) is 28.1 Å². The number of hydrogen-bond acceptors (Lipinski definition) is 3. The maximum absolute atomic E-state index is 13.1. The van der Waals surface area contributed by atoms with Crippen molar-refractivity contribution in [3.8, 4) is 0 Å². The highest BCUT2D eigenvalue weighted by Gasteiger charge is 2.15. The van der Waals surface area contributed by atoms with E-state index in [0.29, 0.717) is 5.56 Å². The molecule has 96 valence electrons. The molecule has 1 atom stereocenters. The van der Waals surface area contributed by atoms with Gasteiger partial charge in [0.15, 0.2) is 0 Å². The van der Waals surface area contributed by atoms with Gasteiger partial charge in [-0.1, -0.05) is 0 Å². The topological polar surface area (TPSA) is 58.2 Å². The number of nitrogens with one attached hydrogen (secondary N) is 2. The second kappa shape index (κ2) is 5.57. The minimum absolute atomic E-state index is 0.0134. The molecule has 0 saturated carbocycles. The molecular weight excluding hydrogens is 243 g/mol. The molecule has 0 aliphatic carbocycles. The Morgan fingerprint density at radius 2 is 2.00 bits per heavy atom. The van der Waals surface area contributed by atoms with Crippen LogP contribution in [0.2, 0.25) is 0 Å². The first-order chi connectivity index (χ1) is 7.85. The molecule has 0 fully saturated rings. The second-order valence-corrected chi connectivity index (χ2v) is 5.77. The minimum Gasteiger partial charge on any atom is -0.316 e. The van der Waals surface area contributed by atoms with Gasteiger partial charge in [-0.3, -0.25) is 0 Å². The Balaban J connectivity index is 2.89. The molecule has 1 aromatic carbocycles. The van der Waals surface area contributed by atoms with E-state index in [-0.39, 0.29) is 17.5 Å². The van der Waals surface area contributed by atoms with Crippen molar-refractivity contribution in [2.75, 3.05) is 13.6 Å². The van der Waals surface area contributed by atoms with Crippen molar-refractivity contribution in [3.63, 3.8) is 0 Å². The maximum atomic E-state index is 13.1. The zero-order valence-electron chi connectivity index (χ0n) is 10.1. The molecule has 0 radical (unpaired) electrons. The van der Waals surface area contributed by atoms with Gasteiger partial charge in [-0.05, 0) is 44.7 Å². The summed E-state index contributed by atoms with van der Waals surface area (Å²) in [6.07, 6.45) is 0. The summed E-state index contributed by atoms with van der Waals surface area (Å²) in [4.78, 5) is -0.0432. The fourth-order valence-electron chi connectivity index (χ4n) is 1.28. The van der Waals surface area contributed by atoms with Crippen LogP contribution >= 0.6 is 0 Å². The Labute approximate surface area is 101 Å². The molecule has 0 heterocycles. The first kappa shape index (κ1) is 14.1. The second-order valence-electron chi connectivity index (χ2n) is 4.01. The molecule has 0 aliphatic rings. The molecule has 2 N–H and O–H groups in total. The van der Waals surface area contributed by atoms with Crippen LogP contribution in [-0.2, 0) is 10.0 Å². The van der Waals surface area contributed by atoms with Crippen LogP contribution in [0.15, 0.2) is 23.1 Å². The highest BCUT2D eigenvalue weighted by atomic mass is 32.2. The van der Waals surface area contributed by atoms with E-state index in [9.17, 15) is 12.8 Å². The van der Waals surface area contributed by atoms with E-state index in [1.165, 1.54) is 12.1 Å². The normalized spacial score (nSPS) is 13.6. The molecule has 1 unspecified atom stereocenters. The number of benzene rings is 1. The van der Waals surface area contributed by atoms with Crippen LogP contribution < -0.4 is 10.0 Å². The number of sulfonamides is 1. The van der Waals surface area contributed by atoms with Gasteiger partial charge in [-0.2, -0.15) is 0 Å². The van der Waals surface area contributed by atoms with E-state index in [4.69, 9.17) is 0 Å². The lowest BCUT2D eigenvalue weighted by Crippen LogP contribution is -2.37. The highest BCUT2D eigenvalue weighted by molar-refractivity contribution is 7.89. The SMILES string of the molecule is CNC(C)CNS(=O)(=O)c1cc(C)cc(F)c1. The molecule has 1 aromatic rings. The Kier molecular flexibility index (Phi) is 4.62. The zero-order valence-corrected chi connectivity index (χ0v) is 10.9.